The second-order valence-electron chi connectivity index (χ2n) is 6.51. The van der Waals surface area contributed by atoms with Gasteiger partial charge in [0, 0.05) is 17.8 Å². The first-order chi connectivity index (χ1) is 14.4. The first kappa shape index (κ1) is 22.6. The number of anilines is 1. The molecule has 0 aliphatic rings. The molecule has 2 amide bonds. The first-order valence-corrected chi connectivity index (χ1v) is 9.35. The third-order valence-electron chi connectivity index (χ3n) is 4.19. The van der Waals surface area contributed by atoms with Crippen LogP contribution in [0.1, 0.15) is 24.8 Å². The molecule has 10 heteroatoms. The van der Waals surface area contributed by atoms with Crippen LogP contribution in [-0.4, -0.2) is 34.6 Å². The van der Waals surface area contributed by atoms with Crippen LogP contribution in [0.2, 0.25) is 0 Å². The van der Waals surface area contributed by atoms with E-state index in [1.165, 1.54) is 12.1 Å². The van der Waals surface area contributed by atoms with Crippen molar-refractivity contribution in [2.45, 2.75) is 31.9 Å². The molecule has 30 heavy (non-hydrogen) atoms. The average molecular weight is 416 g/mol. The van der Waals surface area contributed by atoms with Crippen molar-refractivity contribution in [1.29, 1.82) is 0 Å². The molecule has 0 saturated heterocycles. The van der Waals surface area contributed by atoms with Crippen LogP contribution in [0.25, 0.3) is 0 Å². The zero-order valence-electron chi connectivity index (χ0n) is 16.2. The number of unbranched alkanes of at least 4 members (excludes halogenated alkanes) is 1. The molecule has 2 rings (SSSR count). The summed E-state index contributed by atoms with van der Waals surface area (Å²) in [6.45, 7) is 0.617. The second-order valence-corrected chi connectivity index (χ2v) is 6.51. The molecule has 5 N–H and O–H groups in total. The van der Waals surface area contributed by atoms with Gasteiger partial charge in [-0.15, -0.1) is 0 Å². The lowest BCUT2D eigenvalue weighted by molar-refractivity contribution is -0.384. The topological polar surface area (TPSA) is 157 Å². The number of nitrogens with zero attached hydrogens (tertiary/aromatic N) is 1. The number of non-ortho nitro benzene ring substituents is 1. The van der Waals surface area contributed by atoms with Crippen molar-refractivity contribution in [3.05, 3.63) is 64.2 Å². The van der Waals surface area contributed by atoms with Gasteiger partial charge in [0.15, 0.2) is 0 Å². The van der Waals surface area contributed by atoms with Crippen LogP contribution in [0.3, 0.4) is 0 Å². The number of carboxylic acids is 1. The van der Waals surface area contributed by atoms with Gasteiger partial charge in [-0.05, 0) is 55.6 Å². The number of nitrogens with two attached hydrogens (primary N) is 1. The maximum absolute atomic E-state index is 12.0. The minimum Gasteiger partial charge on any atom is -0.489 e. The smallest absolute Gasteiger partial charge is 0.326 e. The fourth-order valence-electron chi connectivity index (χ4n) is 2.64. The highest BCUT2D eigenvalue weighted by Crippen LogP contribution is 2.19. The quantitative estimate of drug-likeness (QED) is 0.249. The minimum absolute atomic E-state index is 0.00986. The van der Waals surface area contributed by atoms with Gasteiger partial charge in [-0.3, -0.25) is 10.1 Å². The molecule has 0 aliphatic carbocycles. The van der Waals surface area contributed by atoms with Crippen LogP contribution in [0.5, 0.6) is 5.75 Å². The Labute approximate surface area is 173 Å². The van der Waals surface area contributed by atoms with Gasteiger partial charge >= 0.3 is 12.0 Å². The average Bonchev–Trinajstić information content (AvgIpc) is 2.72. The van der Waals surface area contributed by atoms with Gasteiger partial charge in [0.05, 0.1) is 4.92 Å². The van der Waals surface area contributed by atoms with Crippen molar-refractivity contribution >= 4 is 23.4 Å². The lowest BCUT2D eigenvalue weighted by Gasteiger charge is -2.15. The molecule has 0 spiro atoms. The zero-order chi connectivity index (χ0) is 21.9. The number of rotatable bonds is 11. The summed E-state index contributed by atoms with van der Waals surface area (Å²) < 4.78 is 5.60. The van der Waals surface area contributed by atoms with E-state index < -0.39 is 23.0 Å². The highest BCUT2D eigenvalue weighted by Gasteiger charge is 2.19. The van der Waals surface area contributed by atoms with Gasteiger partial charge in [0.2, 0.25) is 0 Å². The van der Waals surface area contributed by atoms with E-state index in [4.69, 9.17) is 10.5 Å². The van der Waals surface area contributed by atoms with Crippen LogP contribution in [-0.2, 0) is 11.4 Å². The largest absolute Gasteiger partial charge is 0.489 e. The predicted molar refractivity (Wildman–Crippen MR) is 110 cm³/mol. The number of amides is 2. The summed E-state index contributed by atoms with van der Waals surface area (Å²) in [7, 11) is 0. The Morgan fingerprint density at radius 3 is 2.53 bits per heavy atom. The Morgan fingerprint density at radius 1 is 1.17 bits per heavy atom. The van der Waals surface area contributed by atoms with Gasteiger partial charge in [-0.1, -0.05) is 12.1 Å². The lowest BCUT2D eigenvalue weighted by atomic mass is 10.1. The summed E-state index contributed by atoms with van der Waals surface area (Å²) in [4.78, 5) is 33.6. The number of nitrogens with one attached hydrogen (secondary N) is 2. The molecule has 10 nitrogen and oxygen atoms in total. The highest BCUT2D eigenvalue weighted by molar-refractivity contribution is 5.92. The number of benzene rings is 2. The molecule has 0 fully saturated rings. The number of hydrogen-bond acceptors (Lipinski definition) is 6. The van der Waals surface area contributed by atoms with Gasteiger partial charge in [0.1, 0.15) is 18.4 Å². The number of urea groups is 1. The number of nitro groups is 1. The Hall–Kier alpha value is -3.66. The number of carbonyl (C=O) groups is 2. The standard InChI is InChI=1S/C20H24N4O6/c21-11-2-1-6-18(19(25)26)23-20(27)22-15-7-9-17(10-8-15)30-13-14-4-3-5-16(12-14)24(28)29/h3-5,7-10,12,18H,1-2,6,11,13,21H2,(H,25,26)(H2,22,23,27). The van der Waals surface area contributed by atoms with E-state index in [1.54, 1.807) is 36.4 Å². The fourth-order valence-corrected chi connectivity index (χ4v) is 2.64. The van der Waals surface area contributed by atoms with Crippen molar-refractivity contribution in [2.24, 2.45) is 5.73 Å². The van der Waals surface area contributed by atoms with E-state index >= 15 is 0 Å². The zero-order valence-corrected chi connectivity index (χ0v) is 16.2. The van der Waals surface area contributed by atoms with E-state index in [0.717, 1.165) is 0 Å². The molecule has 2 aromatic rings. The fraction of sp³-hybridized carbons (Fsp3) is 0.300. The molecule has 160 valence electrons. The number of nitro benzene ring substituents is 1. The Balaban J connectivity index is 1.86. The minimum atomic E-state index is -1.10. The first-order valence-electron chi connectivity index (χ1n) is 9.35. The van der Waals surface area contributed by atoms with Crippen LogP contribution < -0.4 is 21.1 Å². The van der Waals surface area contributed by atoms with Crippen LogP contribution in [0.4, 0.5) is 16.2 Å². The van der Waals surface area contributed by atoms with Crippen LogP contribution in [0, 0.1) is 10.1 Å². The van der Waals surface area contributed by atoms with Crippen molar-refractivity contribution < 1.29 is 24.4 Å². The summed E-state index contributed by atoms with van der Waals surface area (Å²) in [5.41, 5.74) is 6.50. The molecule has 0 heterocycles. The number of carbonyl (C=O) groups excluding carboxylic acids is 1. The Bertz CT molecular complexity index is 872. The summed E-state index contributed by atoms with van der Waals surface area (Å²) in [6.07, 6.45) is 1.58. The summed E-state index contributed by atoms with van der Waals surface area (Å²) in [6, 6.07) is 11.0. The Kier molecular flexibility index (Phi) is 8.57. The molecule has 0 saturated carbocycles. The summed E-state index contributed by atoms with van der Waals surface area (Å²) in [5.74, 6) is -0.593. The van der Waals surface area contributed by atoms with Crippen molar-refractivity contribution in [1.82, 2.24) is 5.32 Å². The normalized spacial score (nSPS) is 11.4. The second kappa shape index (κ2) is 11.4. The molecule has 0 aliphatic heterocycles. The highest BCUT2D eigenvalue weighted by atomic mass is 16.6. The van der Waals surface area contributed by atoms with Gasteiger partial charge in [-0.2, -0.15) is 0 Å². The van der Waals surface area contributed by atoms with E-state index in [1.807, 2.05) is 0 Å². The molecule has 2 aromatic carbocycles. The number of hydrogen-bond donors (Lipinski definition) is 4. The maximum atomic E-state index is 12.0. The molecular formula is C20H24N4O6. The van der Waals surface area contributed by atoms with Crippen LogP contribution in [0.15, 0.2) is 48.5 Å². The van der Waals surface area contributed by atoms with E-state index in [-0.39, 0.29) is 12.3 Å². The third kappa shape index (κ3) is 7.40. The monoisotopic (exact) mass is 416 g/mol. The van der Waals surface area contributed by atoms with Crippen molar-refractivity contribution in [2.75, 3.05) is 11.9 Å². The van der Waals surface area contributed by atoms with Gasteiger partial charge < -0.3 is 26.2 Å². The lowest BCUT2D eigenvalue weighted by Crippen LogP contribution is -2.43. The molecule has 0 aromatic heterocycles. The molecule has 0 radical (unpaired) electrons. The summed E-state index contributed by atoms with van der Waals surface area (Å²) >= 11 is 0. The van der Waals surface area contributed by atoms with E-state index in [9.17, 15) is 24.8 Å². The number of ether oxygens (including phenoxy) is 1. The Morgan fingerprint density at radius 2 is 1.90 bits per heavy atom. The third-order valence-corrected chi connectivity index (χ3v) is 4.19. The van der Waals surface area contributed by atoms with Crippen LogP contribution >= 0.6 is 0 Å². The number of aliphatic carboxylic acids is 1. The van der Waals surface area contributed by atoms with E-state index in [0.29, 0.717) is 42.8 Å². The SMILES string of the molecule is NCCCCC(NC(=O)Nc1ccc(OCc2cccc([N+](=O)[O-])c2)cc1)C(=O)O. The maximum Gasteiger partial charge on any atom is 0.326 e. The molecule has 1 atom stereocenters. The molecule has 1 unspecified atom stereocenters. The molecule has 0 bridgehead atoms. The molecular weight excluding hydrogens is 392 g/mol. The van der Waals surface area contributed by atoms with Crippen molar-refractivity contribution in [3.63, 3.8) is 0 Å². The number of carboxylic acid groups (broad SMARTS) is 1. The predicted octanol–water partition coefficient (Wildman–Crippen LogP) is 2.88. The van der Waals surface area contributed by atoms with Gasteiger partial charge in [-0.25, -0.2) is 9.59 Å². The van der Waals surface area contributed by atoms with E-state index in [2.05, 4.69) is 10.6 Å². The summed E-state index contributed by atoms with van der Waals surface area (Å²) in [5, 5.41) is 25.0. The van der Waals surface area contributed by atoms with Gasteiger partial charge in [0.25, 0.3) is 5.69 Å². The van der Waals surface area contributed by atoms with Crippen molar-refractivity contribution in [3.8, 4) is 5.75 Å².